The third kappa shape index (κ3) is 3.68. The van der Waals surface area contributed by atoms with E-state index in [-0.39, 0.29) is 16.3 Å². The summed E-state index contributed by atoms with van der Waals surface area (Å²) in [6.45, 7) is 0.565. The lowest BCUT2D eigenvalue weighted by Crippen LogP contribution is -2.43. The highest BCUT2D eigenvalue weighted by Crippen LogP contribution is 2.33. The molecule has 5 nitrogen and oxygen atoms in total. The second kappa shape index (κ2) is 7.41. The van der Waals surface area contributed by atoms with Gasteiger partial charge in [0.05, 0.1) is 5.36 Å². The van der Waals surface area contributed by atoms with E-state index in [1.54, 1.807) is 17.2 Å². The second-order valence-electron chi connectivity index (χ2n) is 7.33. The summed E-state index contributed by atoms with van der Waals surface area (Å²) in [7, 11) is 0. The smallest absolute Gasteiger partial charge is 0.434 e. The SMILES string of the molecule is Oc1cccnc1C1N=c2ccnc(C(F)(F)F)c2=CN1CC1CCCCC1. The number of pyridine rings is 2. The summed E-state index contributed by atoms with van der Waals surface area (Å²) < 4.78 is 40.4. The van der Waals surface area contributed by atoms with E-state index in [0.29, 0.717) is 18.2 Å². The van der Waals surface area contributed by atoms with Gasteiger partial charge in [-0.05, 0) is 37.0 Å². The zero-order valence-corrected chi connectivity index (χ0v) is 15.2. The van der Waals surface area contributed by atoms with E-state index < -0.39 is 18.0 Å². The molecule has 2 aliphatic rings. The first-order valence-corrected chi connectivity index (χ1v) is 9.45. The molecular weight excluding hydrogens is 369 g/mol. The Morgan fingerprint density at radius 3 is 2.57 bits per heavy atom. The number of hydrogen-bond donors (Lipinski definition) is 1. The first kappa shape index (κ1) is 18.7. The topological polar surface area (TPSA) is 61.6 Å². The number of halogens is 3. The Balaban J connectivity index is 1.82. The summed E-state index contributed by atoms with van der Waals surface area (Å²) >= 11 is 0. The Hall–Kier alpha value is -2.64. The Labute approximate surface area is 160 Å². The van der Waals surface area contributed by atoms with Crippen LogP contribution in [0.4, 0.5) is 13.2 Å². The quantitative estimate of drug-likeness (QED) is 0.875. The molecule has 0 aromatic carbocycles. The molecule has 1 aliphatic heterocycles. The molecule has 0 bridgehead atoms. The lowest BCUT2D eigenvalue weighted by Gasteiger charge is -2.34. The summed E-state index contributed by atoms with van der Waals surface area (Å²) in [4.78, 5) is 14.1. The van der Waals surface area contributed by atoms with Gasteiger partial charge in [0.25, 0.3) is 0 Å². The van der Waals surface area contributed by atoms with Gasteiger partial charge in [-0.1, -0.05) is 19.3 Å². The highest BCUT2D eigenvalue weighted by Gasteiger charge is 2.36. The molecule has 8 heteroatoms. The molecule has 1 saturated carbocycles. The van der Waals surface area contributed by atoms with Crippen LogP contribution in [0.25, 0.3) is 6.20 Å². The summed E-state index contributed by atoms with van der Waals surface area (Å²) in [5.41, 5.74) is -0.600. The minimum atomic E-state index is -4.56. The standard InChI is InChI=1S/C20H21F3N4O/c21-20(22,23)18-14-12-27(11-13-5-2-1-3-6-13)19(26-15(14)8-10-25-18)17-16(28)7-4-9-24-17/h4,7-10,12-13,19,28H,1-3,5-6,11H2. The second-order valence-corrected chi connectivity index (χ2v) is 7.33. The van der Waals surface area contributed by atoms with Crippen molar-refractivity contribution in [1.29, 1.82) is 0 Å². The summed E-state index contributed by atoms with van der Waals surface area (Å²) in [5.74, 6) is 0.355. The summed E-state index contributed by atoms with van der Waals surface area (Å²) in [6.07, 6.45) is 4.45. The van der Waals surface area contributed by atoms with E-state index in [2.05, 4.69) is 15.0 Å². The van der Waals surface area contributed by atoms with Crippen molar-refractivity contribution in [3.63, 3.8) is 0 Å². The minimum absolute atomic E-state index is 0.0214. The van der Waals surface area contributed by atoms with Crippen LogP contribution in [-0.4, -0.2) is 26.5 Å². The van der Waals surface area contributed by atoms with Crippen LogP contribution >= 0.6 is 0 Å². The van der Waals surface area contributed by atoms with Gasteiger partial charge in [-0.2, -0.15) is 13.2 Å². The van der Waals surface area contributed by atoms with E-state index in [1.165, 1.54) is 24.8 Å². The molecule has 1 aliphatic carbocycles. The fourth-order valence-corrected chi connectivity index (χ4v) is 4.02. The predicted molar refractivity (Wildman–Crippen MR) is 96.4 cm³/mol. The van der Waals surface area contributed by atoms with Gasteiger partial charge in [0.15, 0.2) is 11.9 Å². The van der Waals surface area contributed by atoms with Crippen LogP contribution in [0.3, 0.4) is 0 Å². The number of aromatic nitrogens is 2. The molecule has 1 fully saturated rings. The highest BCUT2D eigenvalue weighted by atomic mass is 19.4. The lowest BCUT2D eigenvalue weighted by molar-refractivity contribution is -0.142. The van der Waals surface area contributed by atoms with E-state index in [1.807, 2.05) is 0 Å². The maximum Gasteiger partial charge on any atom is 0.434 e. The number of hydrogen-bond acceptors (Lipinski definition) is 5. The van der Waals surface area contributed by atoms with Crippen LogP contribution < -0.4 is 10.6 Å². The molecule has 28 heavy (non-hydrogen) atoms. The Kier molecular flexibility index (Phi) is 4.95. The average Bonchev–Trinajstić information content (AvgIpc) is 2.67. The molecular formula is C20H21F3N4O. The van der Waals surface area contributed by atoms with Gasteiger partial charge < -0.3 is 10.0 Å². The Morgan fingerprint density at radius 1 is 1.07 bits per heavy atom. The fourth-order valence-electron chi connectivity index (χ4n) is 4.02. The summed E-state index contributed by atoms with van der Waals surface area (Å²) in [5, 5.41) is 10.4. The van der Waals surface area contributed by atoms with Crippen LogP contribution in [0.5, 0.6) is 5.75 Å². The summed E-state index contributed by atoms with van der Waals surface area (Å²) in [6, 6.07) is 4.59. The molecule has 148 valence electrons. The number of nitrogens with zero attached hydrogens (tertiary/aromatic N) is 4. The molecule has 0 saturated heterocycles. The van der Waals surface area contributed by atoms with Crippen molar-refractivity contribution in [1.82, 2.24) is 14.9 Å². The molecule has 1 N–H and O–H groups in total. The van der Waals surface area contributed by atoms with Crippen molar-refractivity contribution in [2.24, 2.45) is 10.9 Å². The van der Waals surface area contributed by atoms with Crippen molar-refractivity contribution in [3.05, 3.63) is 52.6 Å². The largest absolute Gasteiger partial charge is 0.506 e. The van der Waals surface area contributed by atoms with Gasteiger partial charge in [-0.3, -0.25) is 15.0 Å². The van der Waals surface area contributed by atoms with Gasteiger partial charge >= 0.3 is 6.18 Å². The van der Waals surface area contributed by atoms with E-state index in [9.17, 15) is 18.3 Å². The molecule has 1 unspecified atom stereocenters. The molecule has 0 amide bonds. The number of alkyl halides is 3. The van der Waals surface area contributed by atoms with E-state index >= 15 is 0 Å². The van der Waals surface area contributed by atoms with Gasteiger partial charge in [-0.15, -0.1) is 0 Å². The number of rotatable bonds is 3. The minimum Gasteiger partial charge on any atom is -0.506 e. The maximum absolute atomic E-state index is 13.5. The normalized spacial score (nSPS) is 20.2. The average molecular weight is 390 g/mol. The molecule has 2 aromatic rings. The first-order valence-electron chi connectivity index (χ1n) is 9.45. The van der Waals surface area contributed by atoms with Gasteiger partial charge in [-0.25, -0.2) is 0 Å². The number of aromatic hydroxyl groups is 1. The van der Waals surface area contributed by atoms with Crippen molar-refractivity contribution in [2.45, 2.75) is 44.4 Å². The van der Waals surface area contributed by atoms with Crippen LogP contribution in [0, 0.1) is 5.92 Å². The molecule has 4 rings (SSSR count). The predicted octanol–water partition coefficient (Wildman–Crippen LogP) is 3.15. The van der Waals surface area contributed by atoms with Crippen LogP contribution in [0.1, 0.15) is 49.7 Å². The van der Waals surface area contributed by atoms with Crippen molar-refractivity contribution in [3.8, 4) is 5.75 Å². The third-order valence-corrected chi connectivity index (χ3v) is 5.36. The molecule has 0 radical (unpaired) electrons. The fraction of sp³-hybridized carbons (Fsp3) is 0.450. The first-order chi connectivity index (χ1) is 13.4. The Bertz CT molecular complexity index is 970. The van der Waals surface area contributed by atoms with Crippen molar-refractivity contribution in [2.75, 3.05) is 6.54 Å². The van der Waals surface area contributed by atoms with Gasteiger partial charge in [0.2, 0.25) is 0 Å². The highest BCUT2D eigenvalue weighted by molar-refractivity contribution is 5.35. The van der Waals surface area contributed by atoms with Crippen LogP contribution in [0.15, 0.2) is 35.6 Å². The molecule has 2 aromatic heterocycles. The van der Waals surface area contributed by atoms with Crippen molar-refractivity contribution >= 4 is 6.20 Å². The number of fused-ring (bicyclic) bond motifs is 1. The van der Waals surface area contributed by atoms with Crippen LogP contribution in [-0.2, 0) is 6.18 Å². The van der Waals surface area contributed by atoms with Gasteiger partial charge in [0, 0.05) is 30.4 Å². The zero-order chi connectivity index (χ0) is 19.7. The molecule has 3 heterocycles. The molecule has 0 spiro atoms. The Morgan fingerprint density at radius 2 is 1.86 bits per heavy atom. The van der Waals surface area contributed by atoms with E-state index in [0.717, 1.165) is 31.9 Å². The molecule has 1 atom stereocenters. The third-order valence-electron chi connectivity index (χ3n) is 5.36. The monoisotopic (exact) mass is 390 g/mol. The van der Waals surface area contributed by atoms with E-state index in [4.69, 9.17) is 0 Å². The maximum atomic E-state index is 13.5. The van der Waals surface area contributed by atoms with Gasteiger partial charge in [0.1, 0.15) is 11.4 Å². The van der Waals surface area contributed by atoms with Crippen molar-refractivity contribution < 1.29 is 18.3 Å². The lowest BCUT2D eigenvalue weighted by atomic mass is 9.88. The van der Waals surface area contributed by atoms with Crippen LogP contribution in [0.2, 0.25) is 0 Å². The zero-order valence-electron chi connectivity index (χ0n) is 15.2.